The molecule has 0 saturated heterocycles. The van der Waals surface area contributed by atoms with Crippen molar-refractivity contribution in [3.05, 3.63) is 433 Å². The fourth-order valence-corrected chi connectivity index (χ4v) is 17.4. The van der Waals surface area contributed by atoms with E-state index in [2.05, 4.69) is 397 Å². The van der Waals surface area contributed by atoms with Gasteiger partial charge in [0.2, 0.25) is 0 Å². The molecular weight excluding hydrogens is 1210 g/mol. The van der Waals surface area contributed by atoms with Crippen LogP contribution in [0.2, 0.25) is 0 Å². The molecular formula is C98H64N2. The lowest BCUT2D eigenvalue weighted by Crippen LogP contribution is -2.29. The molecule has 0 N–H and O–H groups in total. The smallest absolute Gasteiger partial charge is 0.0713 e. The van der Waals surface area contributed by atoms with Crippen LogP contribution in [0.3, 0.4) is 0 Å². The van der Waals surface area contributed by atoms with Crippen LogP contribution in [0.4, 0.5) is 0 Å². The van der Waals surface area contributed by atoms with Crippen LogP contribution < -0.4 is 0 Å². The average molecular weight is 1270 g/mol. The quantitative estimate of drug-likeness (QED) is 0.122. The Balaban J connectivity index is 0.687. The van der Waals surface area contributed by atoms with Gasteiger partial charge in [0.1, 0.15) is 0 Å². The summed E-state index contributed by atoms with van der Waals surface area (Å²) >= 11 is 0. The summed E-state index contributed by atoms with van der Waals surface area (Å²) in [7, 11) is 0. The zero-order valence-electron chi connectivity index (χ0n) is 54.8. The van der Waals surface area contributed by atoms with Gasteiger partial charge in [0.15, 0.2) is 0 Å². The van der Waals surface area contributed by atoms with Crippen molar-refractivity contribution in [2.24, 2.45) is 0 Å². The SMILES string of the molecule is c1ccc(-n2c3ccccc3c3cc(-c4ccc(-c5ccc6c(c5)C(c5ccccc5)(c5ccccc5)c5cc(-c7ccc8c(c7)C(c7ccccc7)(c7ccccc7)c7cc(-c9ccc(-c%10ccc%11c(c%10)c%10ccccc%10n%11-c%10ccccc%10)cc9)ccc7-8)ccc5-6)cc4)ccc32)cc1. The maximum absolute atomic E-state index is 2.53. The second kappa shape index (κ2) is 22.9. The van der Waals surface area contributed by atoms with E-state index in [0.29, 0.717) is 0 Å². The Bertz CT molecular complexity index is 5740. The Morgan fingerprint density at radius 1 is 0.160 bits per heavy atom. The summed E-state index contributed by atoms with van der Waals surface area (Å²) in [5.41, 5.74) is 32.8. The van der Waals surface area contributed by atoms with Gasteiger partial charge in [-0.1, -0.05) is 303 Å². The molecule has 2 aromatic heterocycles. The third kappa shape index (κ3) is 8.70. The lowest BCUT2D eigenvalue weighted by molar-refractivity contribution is 0.768. The molecule has 0 atom stereocenters. The van der Waals surface area contributed by atoms with Gasteiger partial charge in [-0.15, -0.1) is 0 Å². The third-order valence-corrected chi connectivity index (χ3v) is 21.9. The molecule has 466 valence electrons. The van der Waals surface area contributed by atoms with E-state index in [1.165, 1.54) is 166 Å². The maximum atomic E-state index is 2.53. The van der Waals surface area contributed by atoms with Gasteiger partial charge >= 0.3 is 0 Å². The number of benzene rings is 16. The third-order valence-electron chi connectivity index (χ3n) is 21.9. The summed E-state index contributed by atoms with van der Waals surface area (Å²) in [6.07, 6.45) is 0. The monoisotopic (exact) mass is 1270 g/mol. The van der Waals surface area contributed by atoms with Gasteiger partial charge in [0, 0.05) is 32.9 Å². The average Bonchev–Trinajstić information content (AvgIpc) is 1.53. The predicted molar refractivity (Wildman–Crippen MR) is 417 cm³/mol. The fraction of sp³-hybridized carbons (Fsp3) is 0.0204. The molecule has 0 aliphatic heterocycles. The van der Waals surface area contributed by atoms with Crippen LogP contribution in [0.25, 0.3) is 133 Å². The van der Waals surface area contributed by atoms with Gasteiger partial charge in [0.25, 0.3) is 0 Å². The highest BCUT2D eigenvalue weighted by molar-refractivity contribution is 6.12. The van der Waals surface area contributed by atoms with Crippen LogP contribution in [0.5, 0.6) is 0 Å². The van der Waals surface area contributed by atoms with Crippen molar-refractivity contribution < 1.29 is 0 Å². The van der Waals surface area contributed by atoms with Crippen molar-refractivity contribution in [1.82, 2.24) is 9.13 Å². The molecule has 2 heteroatoms. The zero-order valence-corrected chi connectivity index (χ0v) is 54.8. The van der Waals surface area contributed by atoms with E-state index in [0.717, 1.165) is 11.4 Å². The highest BCUT2D eigenvalue weighted by atomic mass is 15.0. The molecule has 2 heterocycles. The van der Waals surface area contributed by atoms with E-state index in [-0.39, 0.29) is 0 Å². The van der Waals surface area contributed by atoms with Crippen LogP contribution in [0, 0.1) is 0 Å². The molecule has 18 aromatic rings. The molecule has 0 fully saturated rings. The normalized spacial score (nSPS) is 13.2. The van der Waals surface area contributed by atoms with Gasteiger partial charge in [-0.2, -0.15) is 0 Å². The summed E-state index contributed by atoms with van der Waals surface area (Å²) < 4.78 is 4.77. The lowest BCUT2D eigenvalue weighted by atomic mass is 9.66. The minimum Gasteiger partial charge on any atom is -0.309 e. The molecule has 0 saturated carbocycles. The molecule has 0 bridgehead atoms. The summed E-state index contributed by atoms with van der Waals surface area (Å²) in [5, 5.41) is 5.00. The lowest BCUT2D eigenvalue weighted by Gasteiger charge is -2.35. The van der Waals surface area contributed by atoms with Gasteiger partial charge in [-0.3, -0.25) is 0 Å². The highest BCUT2D eigenvalue weighted by Gasteiger charge is 2.48. The van der Waals surface area contributed by atoms with Crippen molar-refractivity contribution in [3.8, 4) is 89.3 Å². The Kier molecular flexibility index (Phi) is 13.1. The summed E-state index contributed by atoms with van der Waals surface area (Å²) in [5.74, 6) is 0. The largest absolute Gasteiger partial charge is 0.309 e. The number of fused-ring (bicyclic) bond motifs is 12. The maximum Gasteiger partial charge on any atom is 0.0713 e. The van der Waals surface area contributed by atoms with Crippen molar-refractivity contribution in [3.63, 3.8) is 0 Å². The van der Waals surface area contributed by atoms with E-state index in [9.17, 15) is 0 Å². The predicted octanol–water partition coefficient (Wildman–Crippen LogP) is 24.9. The molecule has 0 spiro atoms. The topological polar surface area (TPSA) is 9.86 Å². The highest BCUT2D eigenvalue weighted by Crippen LogP contribution is 2.60. The van der Waals surface area contributed by atoms with E-state index in [4.69, 9.17) is 0 Å². The first-order valence-corrected chi connectivity index (χ1v) is 34.8. The second-order valence-electron chi connectivity index (χ2n) is 27.0. The van der Waals surface area contributed by atoms with Gasteiger partial charge in [-0.25, -0.2) is 0 Å². The minimum atomic E-state index is -0.634. The molecule has 100 heavy (non-hydrogen) atoms. The number of para-hydroxylation sites is 4. The van der Waals surface area contributed by atoms with Crippen LogP contribution in [0.15, 0.2) is 388 Å². The molecule has 20 rings (SSSR count). The van der Waals surface area contributed by atoms with E-state index < -0.39 is 10.8 Å². The van der Waals surface area contributed by atoms with Gasteiger partial charge in [-0.05, 0) is 207 Å². The summed E-state index contributed by atoms with van der Waals surface area (Å²) in [4.78, 5) is 0. The summed E-state index contributed by atoms with van der Waals surface area (Å²) in [6, 6.07) is 145. The van der Waals surface area contributed by atoms with Crippen LogP contribution in [-0.4, -0.2) is 9.13 Å². The van der Waals surface area contributed by atoms with Crippen molar-refractivity contribution in [2.75, 3.05) is 0 Å². The molecule has 2 aliphatic carbocycles. The number of hydrogen-bond donors (Lipinski definition) is 0. The first-order valence-electron chi connectivity index (χ1n) is 34.8. The standard InChI is InChI=1S/C98H64N2/c1-7-23-75(24-8-1)97(76-25-9-2-10-26-76)89-61-71(67-43-39-65(40-44-67)69-51-57-95-87(59-69)85-35-19-21-37-93(85)99(95)79-31-15-5-16-32-79)47-53-81(89)83-55-49-73(63-91(83)97)74-50-56-84-82-54-48-72(62-90(82)98(92(84)64-74,77-27-11-3-12-28-77)78-29-13-4-14-30-78)68-45-41-66(42-46-68)70-52-58-96-88(60-70)86-36-20-22-38-94(86)100(96)80-33-17-6-18-34-80/h1-64H. The Morgan fingerprint density at radius 2 is 0.380 bits per heavy atom. The zero-order chi connectivity index (χ0) is 65.9. The molecule has 16 aromatic carbocycles. The van der Waals surface area contributed by atoms with Crippen LogP contribution in [-0.2, 0) is 10.8 Å². The van der Waals surface area contributed by atoms with Crippen molar-refractivity contribution in [1.29, 1.82) is 0 Å². The van der Waals surface area contributed by atoms with Crippen molar-refractivity contribution in [2.45, 2.75) is 10.8 Å². The second-order valence-corrected chi connectivity index (χ2v) is 27.0. The first-order chi connectivity index (χ1) is 49.6. The van der Waals surface area contributed by atoms with Crippen LogP contribution >= 0.6 is 0 Å². The van der Waals surface area contributed by atoms with Gasteiger partial charge < -0.3 is 9.13 Å². The Hall–Kier alpha value is -12.9. The Morgan fingerprint density at radius 3 is 0.680 bits per heavy atom. The number of hydrogen-bond acceptors (Lipinski definition) is 0. The van der Waals surface area contributed by atoms with Crippen LogP contribution in [0.1, 0.15) is 44.5 Å². The van der Waals surface area contributed by atoms with E-state index in [1.54, 1.807) is 0 Å². The number of nitrogens with zero attached hydrogens (tertiary/aromatic N) is 2. The number of aromatic nitrogens is 2. The minimum absolute atomic E-state index is 0.634. The molecule has 2 nitrogen and oxygen atoms in total. The van der Waals surface area contributed by atoms with E-state index >= 15 is 0 Å². The van der Waals surface area contributed by atoms with E-state index in [1.807, 2.05) is 0 Å². The van der Waals surface area contributed by atoms with Crippen molar-refractivity contribution >= 4 is 43.6 Å². The number of rotatable bonds is 11. The van der Waals surface area contributed by atoms with Gasteiger partial charge in [0.05, 0.1) is 32.9 Å². The first kappa shape index (κ1) is 57.4. The summed E-state index contributed by atoms with van der Waals surface area (Å²) in [6.45, 7) is 0. The molecule has 0 radical (unpaired) electrons. The molecule has 0 unspecified atom stereocenters. The fourth-order valence-electron chi connectivity index (χ4n) is 17.4. The molecule has 2 aliphatic rings. The molecule has 0 amide bonds. The Labute approximate surface area is 581 Å².